The summed E-state index contributed by atoms with van der Waals surface area (Å²) in [6, 6.07) is 17.8. The fraction of sp³-hybridized carbons (Fsp3) is 0.263. The Morgan fingerprint density at radius 1 is 1.04 bits per heavy atom. The molecule has 3 aromatic rings. The Kier molecular flexibility index (Phi) is 4.25. The molecule has 1 aliphatic rings. The first-order valence-electron chi connectivity index (χ1n) is 8.07. The Morgan fingerprint density at radius 3 is 2.62 bits per heavy atom. The van der Waals surface area contributed by atoms with Gasteiger partial charge in [0.1, 0.15) is 12.4 Å². The largest absolute Gasteiger partial charge is 0.489 e. The third-order valence-corrected chi connectivity index (χ3v) is 4.08. The zero-order chi connectivity index (χ0) is 16.2. The minimum absolute atomic E-state index is 0.227. The Balaban J connectivity index is 1.42. The molecule has 1 aliphatic heterocycles. The van der Waals surface area contributed by atoms with E-state index in [-0.39, 0.29) is 5.92 Å². The molecule has 5 heteroatoms. The van der Waals surface area contributed by atoms with E-state index in [4.69, 9.17) is 14.0 Å². The SMILES string of the molecule is c1ccc(OCc2ccc(-c3noc(C4CCOC4)n3)cc2)cc1. The molecule has 122 valence electrons. The topological polar surface area (TPSA) is 57.4 Å². The van der Waals surface area contributed by atoms with Crippen molar-refractivity contribution in [3.05, 3.63) is 66.1 Å². The molecule has 1 aromatic heterocycles. The highest BCUT2D eigenvalue weighted by Crippen LogP contribution is 2.26. The monoisotopic (exact) mass is 322 g/mol. The number of hydrogen-bond donors (Lipinski definition) is 0. The molecule has 0 bridgehead atoms. The zero-order valence-corrected chi connectivity index (χ0v) is 13.2. The summed E-state index contributed by atoms with van der Waals surface area (Å²) in [4.78, 5) is 4.50. The van der Waals surface area contributed by atoms with Gasteiger partial charge in [-0.3, -0.25) is 0 Å². The summed E-state index contributed by atoms with van der Waals surface area (Å²) in [5, 5.41) is 4.08. The molecule has 2 heterocycles. The van der Waals surface area contributed by atoms with Crippen LogP contribution in [0.25, 0.3) is 11.4 Å². The first-order valence-corrected chi connectivity index (χ1v) is 8.07. The van der Waals surface area contributed by atoms with E-state index >= 15 is 0 Å². The average Bonchev–Trinajstić information content (AvgIpc) is 3.33. The lowest BCUT2D eigenvalue weighted by atomic mass is 10.1. The maximum atomic E-state index is 5.75. The van der Waals surface area contributed by atoms with Gasteiger partial charge in [0.2, 0.25) is 11.7 Å². The van der Waals surface area contributed by atoms with E-state index in [1.54, 1.807) is 0 Å². The van der Waals surface area contributed by atoms with Crippen molar-refractivity contribution >= 4 is 0 Å². The molecule has 1 saturated heterocycles. The van der Waals surface area contributed by atoms with Crippen LogP contribution in [0.2, 0.25) is 0 Å². The zero-order valence-electron chi connectivity index (χ0n) is 13.2. The lowest BCUT2D eigenvalue weighted by molar-refractivity contribution is 0.189. The molecule has 2 aromatic carbocycles. The lowest BCUT2D eigenvalue weighted by Crippen LogP contribution is -1.97. The van der Waals surface area contributed by atoms with Crippen molar-refractivity contribution in [2.24, 2.45) is 0 Å². The van der Waals surface area contributed by atoms with Gasteiger partial charge >= 0.3 is 0 Å². The van der Waals surface area contributed by atoms with Gasteiger partial charge in [-0.25, -0.2) is 0 Å². The van der Waals surface area contributed by atoms with E-state index in [9.17, 15) is 0 Å². The van der Waals surface area contributed by atoms with E-state index in [0.717, 1.165) is 29.9 Å². The molecule has 4 rings (SSSR count). The van der Waals surface area contributed by atoms with Gasteiger partial charge in [0.25, 0.3) is 0 Å². The summed E-state index contributed by atoms with van der Waals surface area (Å²) in [5.41, 5.74) is 2.03. The van der Waals surface area contributed by atoms with Crippen LogP contribution in [0, 0.1) is 0 Å². The number of ether oxygens (including phenoxy) is 2. The molecule has 5 nitrogen and oxygen atoms in total. The van der Waals surface area contributed by atoms with Crippen LogP contribution in [-0.2, 0) is 11.3 Å². The van der Waals surface area contributed by atoms with Crippen LogP contribution in [0.3, 0.4) is 0 Å². The van der Waals surface area contributed by atoms with Gasteiger partial charge < -0.3 is 14.0 Å². The minimum atomic E-state index is 0.227. The van der Waals surface area contributed by atoms with Crippen LogP contribution in [0.1, 0.15) is 23.8 Å². The van der Waals surface area contributed by atoms with E-state index in [0.29, 0.717) is 24.9 Å². The average molecular weight is 322 g/mol. The number of nitrogens with zero attached hydrogens (tertiary/aromatic N) is 2. The normalized spacial score (nSPS) is 17.1. The molecule has 0 radical (unpaired) electrons. The van der Waals surface area contributed by atoms with E-state index < -0.39 is 0 Å². The van der Waals surface area contributed by atoms with Crippen molar-refractivity contribution in [1.29, 1.82) is 0 Å². The summed E-state index contributed by atoms with van der Waals surface area (Å²) >= 11 is 0. The highest BCUT2D eigenvalue weighted by molar-refractivity contribution is 5.54. The fourth-order valence-corrected chi connectivity index (χ4v) is 2.68. The summed E-state index contributed by atoms with van der Waals surface area (Å²) in [6.45, 7) is 1.96. The fourth-order valence-electron chi connectivity index (χ4n) is 2.68. The molecule has 1 fully saturated rings. The highest BCUT2D eigenvalue weighted by Gasteiger charge is 2.24. The highest BCUT2D eigenvalue weighted by atomic mass is 16.5. The predicted molar refractivity (Wildman–Crippen MR) is 88.7 cm³/mol. The van der Waals surface area contributed by atoms with E-state index in [2.05, 4.69) is 10.1 Å². The number of aromatic nitrogens is 2. The minimum Gasteiger partial charge on any atom is -0.489 e. The molecule has 1 unspecified atom stereocenters. The third kappa shape index (κ3) is 3.31. The molecule has 0 aliphatic carbocycles. The maximum Gasteiger partial charge on any atom is 0.232 e. The van der Waals surface area contributed by atoms with Crippen molar-refractivity contribution in [2.45, 2.75) is 18.9 Å². The van der Waals surface area contributed by atoms with Crippen molar-refractivity contribution in [2.75, 3.05) is 13.2 Å². The van der Waals surface area contributed by atoms with E-state index in [1.807, 2.05) is 54.6 Å². The van der Waals surface area contributed by atoms with Gasteiger partial charge in [0.15, 0.2) is 0 Å². The molecule has 1 atom stereocenters. The molecule has 0 spiro atoms. The van der Waals surface area contributed by atoms with Gasteiger partial charge in [0, 0.05) is 12.2 Å². The Morgan fingerprint density at radius 2 is 1.88 bits per heavy atom. The number of hydrogen-bond acceptors (Lipinski definition) is 5. The molecular weight excluding hydrogens is 304 g/mol. The summed E-state index contributed by atoms with van der Waals surface area (Å²) in [5.74, 6) is 2.37. The van der Waals surface area contributed by atoms with Crippen molar-refractivity contribution in [3.8, 4) is 17.1 Å². The summed E-state index contributed by atoms with van der Waals surface area (Å²) < 4.78 is 16.5. The molecule has 0 saturated carbocycles. The third-order valence-electron chi connectivity index (χ3n) is 4.08. The van der Waals surface area contributed by atoms with Crippen LogP contribution >= 0.6 is 0 Å². The number of rotatable bonds is 5. The van der Waals surface area contributed by atoms with Crippen molar-refractivity contribution in [3.63, 3.8) is 0 Å². The first kappa shape index (κ1) is 14.9. The van der Waals surface area contributed by atoms with Gasteiger partial charge in [-0.1, -0.05) is 47.6 Å². The Labute approximate surface area is 140 Å². The van der Waals surface area contributed by atoms with Crippen LogP contribution in [0.15, 0.2) is 59.1 Å². The van der Waals surface area contributed by atoms with Gasteiger partial charge in [-0.05, 0) is 24.1 Å². The maximum absolute atomic E-state index is 5.75. The molecule has 24 heavy (non-hydrogen) atoms. The molecular formula is C19H18N2O3. The second kappa shape index (κ2) is 6.84. The van der Waals surface area contributed by atoms with Crippen molar-refractivity contribution < 1.29 is 14.0 Å². The molecule has 0 amide bonds. The van der Waals surface area contributed by atoms with E-state index in [1.165, 1.54) is 0 Å². The predicted octanol–water partition coefficient (Wildman–Crippen LogP) is 3.82. The van der Waals surface area contributed by atoms with Gasteiger partial charge in [-0.2, -0.15) is 4.98 Å². The quantitative estimate of drug-likeness (QED) is 0.715. The lowest BCUT2D eigenvalue weighted by Gasteiger charge is -2.06. The summed E-state index contributed by atoms with van der Waals surface area (Å²) in [7, 11) is 0. The second-order valence-corrected chi connectivity index (χ2v) is 5.82. The smallest absolute Gasteiger partial charge is 0.232 e. The van der Waals surface area contributed by atoms with Crippen LogP contribution in [-0.4, -0.2) is 23.4 Å². The van der Waals surface area contributed by atoms with Crippen LogP contribution in [0.4, 0.5) is 0 Å². The first-order chi connectivity index (χ1) is 11.9. The molecule has 0 N–H and O–H groups in total. The standard InChI is InChI=1S/C19H18N2O3/c1-2-4-17(5-3-1)23-12-14-6-8-15(9-7-14)18-20-19(24-21-18)16-10-11-22-13-16/h1-9,16H,10-13H2. The van der Waals surface area contributed by atoms with Crippen LogP contribution < -0.4 is 4.74 Å². The second-order valence-electron chi connectivity index (χ2n) is 5.82. The van der Waals surface area contributed by atoms with Crippen molar-refractivity contribution in [1.82, 2.24) is 10.1 Å². The van der Waals surface area contributed by atoms with Crippen LogP contribution in [0.5, 0.6) is 5.75 Å². The Bertz CT molecular complexity index is 778. The van der Waals surface area contributed by atoms with Gasteiger partial charge in [0.05, 0.1) is 12.5 Å². The Hall–Kier alpha value is -2.66. The summed E-state index contributed by atoms with van der Waals surface area (Å²) in [6.07, 6.45) is 0.942. The number of benzene rings is 2. The number of para-hydroxylation sites is 1. The van der Waals surface area contributed by atoms with Gasteiger partial charge in [-0.15, -0.1) is 0 Å².